The van der Waals surface area contributed by atoms with E-state index in [1.165, 1.54) is 0 Å². The van der Waals surface area contributed by atoms with Gasteiger partial charge in [0.25, 0.3) is 0 Å². The first-order valence-corrected chi connectivity index (χ1v) is 5.85. The minimum absolute atomic E-state index is 0.0509. The van der Waals surface area contributed by atoms with Gasteiger partial charge in [-0.3, -0.25) is 9.97 Å². The summed E-state index contributed by atoms with van der Waals surface area (Å²) in [5.41, 5.74) is 0.853. The maximum atomic E-state index is 5.54. The molecule has 0 spiro atoms. The summed E-state index contributed by atoms with van der Waals surface area (Å²) < 4.78 is 6.26. The quantitative estimate of drug-likeness (QED) is 0.936. The van der Waals surface area contributed by atoms with Crippen molar-refractivity contribution in [2.75, 3.05) is 6.54 Å². The average molecular weight is 282 g/mol. The van der Waals surface area contributed by atoms with Crippen LogP contribution in [0.25, 0.3) is 0 Å². The van der Waals surface area contributed by atoms with Crippen molar-refractivity contribution < 1.29 is 4.42 Å². The average Bonchev–Trinajstić information content (AvgIpc) is 2.74. The second-order valence-electron chi connectivity index (χ2n) is 3.26. The number of aromatic nitrogens is 2. The first-order valence-electron chi connectivity index (χ1n) is 5.05. The van der Waals surface area contributed by atoms with Crippen LogP contribution in [0.15, 0.2) is 39.8 Å². The summed E-state index contributed by atoms with van der Waals surface area (Å²) in [6.07, 6.45) is 5.08. The third-order valence-corrected chi connectivity index (χ3v) is 2.59. The first-order chi connectivity index (χ1) is 7.81. The SMILES string of the molecule is CCNC(c1cnccn1)c1ccc(Br)o1. The van der Waals surface area contributed by atoms with Crippen LogP contribution < -0.4 is 5.32 Å². The van der Waals surface area contributed by atoms with Crippen LogP contribution in [0.3, 0.4) is 0 Å². The van der Waals surface area contributed by atoms with Gasteiger partial charge < -0.3 is 9.73 Å². The molecular formula is C11H12BrN3O. The summed E-state index contributed by atoms with van der Waals surface area (Å²) in [6.45, 7) is 2.88. The highest BCUT2D eigenvalue weighted by atomic mass is 79.9. The third-order valence-electron chi connectivity index (χ3n) is 2.17. The fourth-order valence-electron chi connectivity index (χ4n) is 1.50. The molecule has 5 heteroatoms. The molecule has 2 aromatic rings. The Morgan fingerprint density at radius 1 is 1.44 bits per heavy atom. The zero-order chi connectivity index (χ0) is 11.4. The molecule has 0 aromatic carbocycles. The maximum Gasteiger partial charge on any atom is 0.169 e. The number of nitrogens with zero attached hydrogens (tertiary/aromatic N) is 2. The molecule has 0 fully saturated rings. The number of hydrogen-bond donors (Lipinski definition) is 1. The van der Waals surface area contributed by atoms with Gasteiger partial charge in [-0.2, -0.15) is 0 Å². The van der Waals surface area contributed by atoms with E-state index in [-0.39, 0.29) is 6.04 Å². The van der Waals surface area contributed by atoms with Crippen molar-refractivity contribution >= 4 is 15.9 Å². The van der Waals surface area contributed by atoms with Crippen molar-refractivity contribution in [2.45, 2.75) is 13.0 Å². The van der Waals surface area contributed by atoms with Crippen LogP contribution in [0, 0.1) is 0 Å². The van der Waals surface area contributed by atoms with Crippen molar-refractivity contribution in [2.24, 2.45) is 0 Å². The largest absolute Gasteiger partial charge is 0.452 e. The van der Waals surface area contributed by atoms with Gasteiger partial charge in [-0.05, 0) is 34.6 Å². The van der Waals surface area contributed by atoms with Gasteiger partial charge in [0.2, 0.25) is 0 Å². The molecule has 0 saturated carbocycles. The van der Waals surface area contributed by atoms with Gasteiger partial charge in [-0.25, -0.2) is 0 Å². The predicted molar refractivity (Wildman–Crippen MR) is 64.0 cm³/mol. The molecule has 0 aliphatic heterocycles. The number of rotatable bonds is 4. The van der Waals surface area contributed by atoms with Gasteiger partial charge in [0.05, 0.1) is 11.9 Å². The van der Waals surface area contributed by atoms with E-state index >= 15 is 0 Å². The summed E-state index contributed by atoms with van der Waals surface area (Å²) in [4.78, 5) is 8.35. The van der Waals surface area contributed by atoms with Crippen molar-refractivity contribution in [1.82, 2.24) is 15.3 Å². The lowest BCUT2D eigenvalue weighted by Gasteiger charge is -2.13. The fraction of sp³-hybridized carbons (Fsp3) is 0.273. The first kappa shape index (κ1) is 11.3. The Morgan fingerprint density at radius 3 is 2.88 bits per heavy atom. The van der Waals surface area contributed by atoms with E-state index in [2.05, 4.69) is 31.2 Å². The van der Waals surface area contributed by atoms with Crippen LogP contribution in [0.1, 0.15) is 24.4 Å². The van der Waals surface area contributed by atoms with Gasteiger partial charge in [-0.15, -0.1) is 0 Å². The zero-order valence-corrected chi connectivity index (χ0v) is 10.4. The minimum Gasteiger partial charge on any atom is -0.452 e. The Kier molecular flexibility index (Phi) is 3.69. The van der Waals surface area contributed by atoms with Crippen molar-refractivity contribution in [3.05, 3.63) is 46.8 Å². The highest BCUT2D eigenvalue weighted by molar-refractivity contribution is 9.10. The lowest BCUT2D eigenvalue weighted by Crippen LogP contribution is -2.22. The van der Waals surface area contributed by atoms with Gasteiger partial charge in [0.15, 0.2) is 4.67 Å². The van der Waals surface area contributed by atoms with E-state index in [1.807, 2.05) is 19.1 Å². The van der Waals surface area contributed by atoms with E-state index in [4.69, 9.17) is 4.42 Å². The molecule has 84 valence electrons. The van der Waals surface area contributed by atoms with Crippen LogP contribution in [0.4, 0.5) is 0 Å². The molecular weight excluding hydrogens is 270 g/mol. The fourth-order valence-corrected chi connectivity index (χ4v) is 1.82. The molecule has 1 atom stereocenters. The molecule has 4 nitrogen and oxygen atoms in total. The second-order valence-corrected chi connectivity index (χ2v) is 4.04. The smallest absolute Gasteiger partial charge is 0.169 e. The third kappa shape index (κ3) is 2.48. The van der Waals surface area contributed by atoms with Crippen molar-refractivity contribution in [3.63, 3.8) is 0 Å². The monoisotopic (exact) mass is 281 g/mol. The summed E-state index contributed by atoms with van der Waals surface area (Å²) in [5, 5.41) is 3.31. The van der Waals surface area contributed by atoms with E-state index in [0.717, 1.165) is 18.0 Å². The molecule has 0 bridgehead atoms. The van der Waals surface area contributed by atoms with Crippen LogP contribution >= 0.6 is 15.9 Å². The van der Waals surface area contributed by atoms with Crippen molar-refractivity contribution in [1.29, 1.82) is 0 Å². The Balaban J connectivity index is 2.31. The standard InChI is InChI=1S/C11H12BrN3O/c1-2-14-11(8-7-13-5-6-15-8)9-3-4-10(12)16-9/h3-7,11,14H,2H2,1H3. The van der Waals surface area contributed by atoms with Crippen LogP contribution in [-0.2, 0) is 0 Å². The topological polar surface area (TPSA) is 51.0 Å². The van der Waals surface area contributed by atoms with Crippen LogP contribution in [0.5, 0.6) is 0 Å². The summed E-state index contributed by atoms with van der Waals surface area (Å²) >= 11 is 3.29. The Morgan fingerprint density at radius 2 is 2.31 bits per heavy atom. The van der Waals surface area contributed by atoms with Gasteiger partial charge in [0, 0.05) is 12.4 Å². The molecule has 2 rings (SSSR count). The summed E-state index contributed by atoms with van der Waals surface area (Å²) in [6, 6.07) is 3.74. The van der Waals surface area contributed by atoms with Crippen LogP contribution in [-0.4, -0.2) is 16.5 Å². The Labute approximate surface area is 102 Å². The Bertz CT molecular complexity index is 444. The lowest BCUT2D eigenvalue weighted by molar-refractivity contribution is 0.432. The highest BCUT2D eigenvalue weighted by Gasteiger charge is 2.17. The minimum atomic E-state index is -0.0509. The predicted octanol–water partition coefficient (Wildman–Crippen LogP) is 2.53. The highest BCUT2D eigenvalue weighted by Crippen LogP contribution is 2.24. The number of halogens is 1. The lowest BCUT2D eigenvalue weighted by atomic mass is 10.1. The van der Waals surface area contributed by atoms with Crippen molar-refractivity contribution in [3.8, 4) is 0 Å². The van der Waals surface area contributed by atoms with Gasteiger partial charge in [-0.1, -0.05) is 6.92 Å². The van der Waals surface area contributed by atoms with Gasteiger partial charge >= 0.3 is 0 Å². The molecule has 1 unspecified atom stereocenters. The number of furan rings is 1. The van der Waals surface area contributed by atoms with E-state index < -0.39 is 0 Å². The number of nitrogens with one attached hydrogen (secondary N) is 1. The van der Waals surface area contributed by atoms with E-state index in [9.17, 15) is 0 Å². The van der Waals surface area contributed by atoms with E-state index in [0.29, 0.717) is 4.67 Å². The molecule has 2 heterocycles. The molecule has 16 heavy (non-hydrogen) atoms. The van der Waals surface area contributed by atoms with Gasteiger partial charge in [0.1, 0.15) is 11.8 Å². The van der Waals surface area contributed by atoms with Crippen LogP contribution in [0.2, 0.25) is 0 Å². The maximum absolute atomic E-state index is 5.54. The second kappa shape index (κ2) is 5.23. The summed E-state index contributed by atoms with van der Waals surface area (Å²) in [5.74, 6) is 0.828. The molecule has 0 aliphatic rings. The Hall–Kier alpha value is -1.20. The zero-order valence-electron chi connectivity index (χ0n) is 8.85. The molecule has 0 radical (unpaired) electrons. The molecule has 0 amide bonds. The molecule has 1 N–H and O–H groups in total. The summed E-state index contributed by atoms with van der Waals surface area (Å²) in [7, 11) is 0. The molecule has 0 saturated heterocycles. The normalized spacial score (nSPS) is 12.6. The van der Waals surface area contributed by atoms with E-state index in [1.54, 1.807) is 18.6 Å². The number of hydrogen-bond acceptors (Lipinski definition) is 4. The molecule has 2 aromatic heterocycles. The molecule has 0 aliphatic carbocycles.